The first-order valence-electron chi connectivity index (χ1n) is 5.04. The second-order valence-electron chi connectivity index (χ2n) is 3.63. The van der Waals surface area contributed by atoms with Crippen LogP contribution < -0.4 is 0 Å². The molecule has 0 fully saturated rings. The van der Waals surface area contributed by atoms with Gasteiger partial charge in [0.05, 0.1) is 10.5 Å². The molecule has 1 rings (SSSR count). The molecule has 13 heavy (non-hydrogen) atoms. The van der Waals surface area contributed by atoms with Gasteiger partial charge in [0.15, 0.2) is 9.84 Å². The van der Waals surface area contributed by atoms with Crippen molar-refractivity contribution >= 4 is 9.84 Å². The highest BCUT2D eigenvalue weighted by atomic mass is 32.2. The van der Waals surface area contributed by atoms with Crippen LogP contribution >= 0.6 is 0 Å². The lowest BCUT2D eigenvalue weighted by Gasteiger charge is -2.12. The fourth-order valence-corrected chi connectivity index (χ4v) is 3.98. The third-order valence-corrected chi connectivity index (χ3v) is 5.00. The van der Waals surface area contributed by atoms with Crippen LogP contribution in [0.25, 0.3) is 0 Å². The first-order valence-corrected chi connectivity index (χ1v) is 6.64. The zero-order valence-corrected chi connectivity index (χ0v) is 9.18. The van der Waals surface area contributed by atoms with Gasteiger partial charge in [-0.3, -0.25) is 0 Å². The van der Waals surface area contributed by atoms with Gasteiger partial charge in [-0.05, 0) is 12.8 Å². The molecular formula is C10H18O2S. The van der Waals surface area contributed by atoms with Crippen molar-refractivity contribution in [3.63, 3.8) is 0 Å². The van der Waals surface area contributed by atoms with E-state index in [1.165, 1.54) is 0 Å². The van der Waals surface area contributed by atoms with Crippen LogP contribution in [0.3, 0.4) is 0 Å². The number of sulfone groups is 1. The van der Waals surface area contributed by atoms with Gasteiger partial charge < -0.3 is 0 Å². The van der Waals surface area contributed by atoms with E-state index in [9.17, 15) is 8.42 Å². The molecule has 0 radical (unpaired) electrons. The van der Waals surface area contributed by atoms with Gasteiger partial charge in [0.25, 0.3) is 0 Å². The van der Waals surface area contributed by atoms with E-state index in [4.69, 9.17) is 0 Å². The Kier molecular flexibility index (Phi) is 3.54. The van der Waals surface area contributed by atoms with Gasteiger partial charge in [0.1, 0.15) is 0 Å². The highest BCUT2D eigenvalue weighted by Gasteiger charge is 2.34. The van der Waals surface area contributed by atoms with Gasteiger partial charge in [-0.25, -0.2) is 8.42 Å². The van der Waals surface area contributed by atoms with Crippen molar-refractivity contribution in [3.05, 3.63) is 12.2 Å². The maximum Gasteiger partial charge on any atom is 0.163 e. The second kappa shape index (κ2) is 4.27. The first-order chi connectivity index (χ1) is 6.12. The van der Waals surface area contributed by atoms with Crippen LogP contribution in [-0.4, -0.2) is 18.9 Å². The lowest BCUT2D eigenvalue weighted by Crippen LogP contribution is -2.23. The van der Waals surface area contributed by atoms with Crippen molar-refractivity contribution in [1.82, 2.24) is 0 Å². The second-order valence-corrected chi connectivity index (χ2v) is 6.02. The SMILES string of the molecule is CCCC1C=CC(CCC)S1(=O)=O. The van der Waals surface area contributed by atoms with Gasteiger partial charge in [-0.2, -0.15) is 0 Å². The maximum absolute atomic E-state index is 11.8. The molecule has 0 aromatic heterocycles. The Morgan fingerprint density at radius 2 is 1.38 bits per heavy atom. The van der Waals surface area contributed by atoms with Crippen molar-refractivity contribution in [2.45, 2.75) is 50.0 Å². The summed E-state index contributed by atoms with van der Waals surface area (Å²) in [7, 11) is -2.86. The van der Waals surface area contributed by atoms with E-state index >= 15 is 0 Å². The average Bonchev–Trinajstić information content (AvgIpc) is 2.33. The smallest absolute Gasteiger partial charge is 0.163 e. The molecule has 0 spiro atoms. The molecule has 0 aromatic rings. The fraction of sp³-hybridized carbons (Fsp3) is 0.800. The minimum atomic E-state index is -2.86. The van der Waals surface area contributed by atoms with Crippen LogP contribution in [0.5, 0.6) is 0 Å². The van der Waals surface area contributed by atoms with Crippen molar-refractivity contribution in [3.8, 4) is 0 Å². The Morgan fingerprint density at radius 3 is 1.69 bits per heavy atom. The zero-order chi connectivity index (χ0) is 9.90. The van der Waals surface area contributed by atoms with Gasteiger partial charge in [0, 0.05) is 0 Å². The molecule has 1 heterocycles. The van der Waals surface area contributed by atoms with E-state index in [2.05, 4.69) is 0 Å². The molecule has 76 valence electrons. The van der Waals surface area contributed by atoms with E-state index in [1.54, 1.807) is 0 Å². The molecule has 0 aliphatic carbocycles. The predicted octanol–water partition coefficient (Wildman–Crippen LogP) is 2.31. The van der Waals surface area contributed by atoms with Crippen LogP contribution in [0.15, 0.2) is 12.2 Å². The van der Waals surface area contributed by atoms with Gasteiger partial charge in [0.2, 0.25) is 0 Å². The lowest BCUT2D eigenvalue weighted by molar-refractivity contribution is 0.575. The van der Waals surface area contributed by atoms with Crippen molar-refractivity contribution in [2.24, 2.45) is 0 Å². The van der Waals surface area contributed by atoms with Crippen molar-refractivity contribution < 1.29 is 8.42 Å². The molecule has 1 aliphatic heterocycles. The van der Waals surface area contributed by atoms with Gasteiger partial charge in [-0.15, -0.1) is 0 Å². The summed E-state index contributed by atoms with van der Waals surface area (Å²) in [4.78, 5) is 0. The summed E-state index contributed by atoms with van der Waals surface area (Å²) in [5.41, 5.74) is 0. The van der Waals surface area contributed by atoms with Gasteiger partial charge >= 0.3 is 0 Å². The van der Waals surface area contributed by atoms with Crippen LogP contribution in [0.4, 0.5) is 0 Å². The number of hydrogen-bond donors (Lipinski definition) is 0. The molecule has 0 N–H and O–H groups in total. The summed E-state index contributed by atoms with van der Waals surface area (Å²) in [6.07, 6.45) is 7.18. The van der Waals surface area contributed by atoms with Crippen molar-refractivity contribution in [1.29, 1.82) is 0 Å². The van der Waals surface area contributed by atoms with E-state index < -0.39 is 9.84 Å². The summed E-state index contributed by atoms with van der Waals surface area (Å²) in [5, 5.41) is -0.400. The summed E-state index contributed by atoms with van der Waals surface area (Å²) in [6.45, 7) is 4.05. The van der Waals surface area contributed by atoms with Crippen molar-refractivity contribution in [2.75, 3.05) is 0 Å². The molecule has 2 nitrogen and oxygen atoms in total. The van der Waals surface area contributed by atoms with E-state index in [0.29, 0.717) is 0 Å². The Hall–Kier alpha value is -0.310. The first kappa shape index (κ1) is 10.8. The number of hydrogen-bond acceptors (Lipinski definition) is 2. The lowest BCUT2D eigenvalue weighted by atomic mass is 10.2. The third-order valence-electron chi connectivity index (χ3n) is 2.53. The van der Waals surface area contributed by atoms with Crippen LogP contribution in [0, 0.1) is 0 Å². The average molecular weight is 202 g/mol. The van der Waals surface area contributed by atoms with E-state index in [-0.39, 0.29) is 10.5 Å². The Morgan fingerprint density at radius 1 is 1.00 bits per heavy atom. The number of rotatable bonds is 4. The summed E-state index contributed by atoms with van der Waals surface area (Å²) < 4.78 is 23.6. The molecule has 0 aromatic carbocycles. The fourth-order valence-electron chi connectivity index (χ4n) is 1.78. The molecule has 0 saturated heterocycles. The summed E-state index contributed by atoms with van der Waals surface area (Å²) >= 11 is 0. The minimum absolute atomic E-state index is 0.200. The largest absolute Gasteiger partial charge is 0.228 e. The predicted molar refractivity (Wildman–Crippen MR) is 55.5 cm³/mol. The highest BCUT2D eigenvalue weighted by Crippen LogP contribution is 2.26. The molecule has 3 heteroatoms. The monoisotopic (exact) mass is 202 g/mol. The summed E-state index contributed by atoms with van der Waals surface area (Å²) in [6, 6.07) is 0. The Balaban J connectivity index is 2.71. The molecule has 1 aliphatic rings. The molecule has 0 amide bonds. The van der Waals surface area contributed by atoms with E-state index in [0.717, 1.165) is 25.7 Å². The topological polar surface area (TPSA) is 34.1 Å². The normalized spacial score (nSPS) is 30.9. The molecule has 0 saturated carbocycles. The molecular weight excluding hydrogens is 184 g/mol. The molecule has 2 unspecified atom stereocenters. The standard InChI is InChI=1S/C10H18O2S/c1-3-5-9-7-8-10(6-4-2)13(9,11)12/h7-10H,3-6H2,1-2H3. The zero-order valence-electron chi connectivity index (χ0n) is 8.36. The Bertz CT molecular complexity index is 255. The third kappa shape index (κ3) is 2.13. The molecule has 2 atom stereocenters. The Labute approximate surface area is 81.0 Å². The minimum Gasteiger partial charge on any atom is -0.228 e. The van der Waals surface area contributed by atoms with E-state index in [1.807, 2.05) is 26.0 Å². The van der Waals surface area contributed by atoms with Crippen LogP contribution in [0.1, 0.15) is 39.5 Å². The molecule has 0 bridgehead atoms. The quantitative estimate of drug-likeness (QED) is 0.656. The summed E-state index contributed by atoms with van der Waals surface area (Å²) in [5.74, 6) is 0. The van der Waals surface area contributed by atoms with Gasteiger partial charge in [-0.1, -0.05) is 38.8 Å². The van der Waals surface area contributed by atoms with Crippen LogP contribution in [0.2, 0.25) is 0 Å². The maximum atomic E-state index is 11.8. The highest BCUT2D eigenvalue weighted by molar-refractivity contribution is 7.93. The van der Waals surface area contributed by atoms with Crippen LogP contribution in [-0.2, 0) is 9.84 Å².